The van der Waals surface area contributed by atoms with E-state index in [0.717, 1.165) is 22.3 Å². The van der Waals surface area contributed by atoms with Gasteiger partial charge < -0.3 is 4.74 Å². The van der Waals surface area contributed by atoms with Crippen molar-refractivity contribution in [3.63, 3.8) is 0 Å². The highest BCUT2D eigenvalue weighted by Gasteiger charge is 2.01. The number of hydrogen-bond acceptors (Lipinski definition) is 1. The van der Waals surface area contributed by atoms with E-state index in [-0.39, 0.29) is 0 Å². The Balaban J connectivity index is 1.96. The summed E-state index contributed by atoms with van der Waals surface area (Å²) in [5, 5.41) is 0. The van der Waals surface area contributed by atoms with Crippen LogP contribution in [0, 0.1) is 11.8 Å². The lowest BCUT2D eigenvalue weighted by molar-refractivity contribution is 0.234. The maximum absolute atomic E-state index is 5.07. The van der Waals surface area contributed by atoms with Gasteiger partial charge in [0.15, 0.2) is 0 Å². The van der Waals surface area contributed by atoms with Gasteiger partial charge in [0.25, 0.3) is 0 Å². The number of hydrogen-bond donors (Lipinski definition) is 0. The summed E-state index contributed by atoms with van der Waals surface area (Å²) >= 11 is 0. The predicted molar refractivity (Wildman–Crippen MR) is 105 cm³/mol. The molecule has 3 rings (SSSR count). The fourth-order valence-corrected chi connectivity index (χ4v) is 2.62. The van der Waals surface area contributed by atoms with Crippen molar-refractivity contribution in [2.75, 3.05) is 13.7 Å². The van der Waals surface area contributed by atoms with Crippen LogP contribution in [-0.2, 0) is 4.74 Å². The molecule has 1 heteroatoms. The summed E-state index contributed by atoms with van der Waals surface area (Å²) in [6.07, 6.45) is 4.05. The summed E-state index contributed by atoms with van der Waals surface area (Å²) < 4.78 is 5.07. The summed E-state index contributed by atoms with van der Waals surface area (Å²) in [5.74, 6) is 6.67. The molecule has 0 aliphatic rings. The van der Waals surface area contributed by atoms with E-state index in [1.807, 2.05) is 36.4 Å². The van der Waals surface area contributed by atoms with Crippen molar-refractivity contribution in [2.24, 2.45) is 0 Å². The average molecular weight is 324 g/mol. The normalized spacial score (nSPS) is 10.4. The number of methoxy groups -OCH3 is 1. The van der Waals surface area contributed by atoms with Crippen molar-refractivity contribution in [3.8, 4) is 23.0 Å². The molecule has 3 aromatic rings. The highest BCUT2D eigenvalue weighted by molar-refractivity contribution is 5.72. The molecule has 0 amide bonds. The fourth-order valence-electron chi connectivity index (χ4n) is 2.62. The van der Waals surface area contributed by atoms with Gasteiger partial charge in [-0.1, -0.05) is 90.7 Å². The van der Waals surface area contributed by atoms with Gasteiger partial charge >= 0.3 is 0 Å². The molecule has 3 aromatic carbocycles. The molecule has 122 valence electrons. The highest BCUT2D eigenvalue weighted by atomic mass is 16.5. The van der Waals surface area contributed by atoms with Crippen molar-refractivity contribution in [2.45, 2.75) is 0 Å². The predicted octanol–water partition coefficient (Wildman–Crippen LogP) is 5.41. The molecule has 0 atom stereocenters. The Morgan fingerprint density at radius 1 is 0.760 bits per heavy atom. The third-order valence-electron chi connectivity index (χ3n) is 3.86. The first kappa shape index (κ1) is 16.8. The zero-order valence-electron chi connectivity index (χ0n) is 14.3. The molecule has 0 aliphatic heterocycles. The van der Waals surface area contributed by atoms with E-state index < -0.39 is 0 Å². The Morgan fingerprint density at radius 3 is 2.20 bits per heavy atom. The van der Waals surface area contributed by atoms with Gasteiger partial charge in [0.05, 0.1) is 6.61 Å². The lowest BCUT2D eigenvalue weighted by Crippen LogP contribution is -1.86. The van der Waals surface area contributed by atoms with Crippen LogP contribution in [0.15, 0.2) is 84.9 Å². The lowest BCUT2D eigenvalue weighted by atomic mass is 9.99. The number of ether oxygens (including phenoxy) is 1. The third-order valence-corrected chi connectivity index (χ3v) is 3.86. The van der Waals surface area contributed by atoms with Gasteiger partial charge in [-0.2, -0.15) is 0 Å². The van der Waals surface area contributed by atoms with Crippen LogP contribution in [-0.4, -0.2) is 13.7 Å². The topological polar surface area (TPSA) is 9.23 Å². The molecule has 0 saturated heterocycles. The van der Waals surface area contributed by atoms with E-state index in [0.29, 0.717) is 6.61 Å². The van der Waals surface area contributed by atoms with Gasteiger partial charge in [0, 0.05) is 18.2 Å². The lowest BCUT2D eigenvalue weighted by Gasteiger charge is -2.04. The monoisotopic (exact) mass is 324 g/mol. The average Bonchev–Trinajstić information content (AvgIpc) is 2.68. The first-order chi connectivity index (χ1) is 12.4. The van der Waals surface area contributed by atoms with E-state index in [2.05, 4.69) is 66.4 Å². The molecular formula is C24H20O. The minimum absolute atomic E-state index is 0.596. The van der Waals surface area contributed by atoms with Crippen LogP contribution in [0.5, 0.6) is 0 Å². The van der Waals surface area contributed by atoms with Crippen molar-refractivity contribution in [3.05, 3.63) is 102 Å². The molecule has 0 N–H and O–H groups in total. The smallest absolute Gasteiger partial charge is 0.0646 e. The molecule has 25 heavy (non-hydrogen) atoms. The SMILES string of the molecule is COC/C=C/c1ccccc1C#Cc1ccccc1-c1ccccc1. The Labute approximate surface area is 149 Å². The van der Waals surface area contributed by atoms with E-state index in [1.165, 1.54) is 5.56 Å². The van der Waals surface area contributed by atoms with E-state index in [9.17, 15) is 0 Å². The van der Waals surface area contributed by atoms with Gasteiger partial charge in [-0.15, -0.1) is 0 Å². The molecule has 0 saturated carbocycles. The Morgan fingerprint density at radius 2 is 1.40 bits per heavy atom. The van der Waals surface area contributed by atoms with Crippen molar-refractivity contribution >= 4 is 6.08 Å². The van der Waals surface area contributed by atoms with Crippen LogP contribution in [0.3, 0.4) is 0 Å². The van der Waals surface area contributed by atoms with E-state index in [1.54, 1.807) is 7.11 Å². The summed E-state index contributed by atoms with van der Waals surface area (Å²) in [4.78, 5) is 0. The van der Waals surface area contributed by atoms with Gasteiger partial charge in [-0.3, -0.25) is 0 Å². The highest BCUT2D eigenvalue weighted by Crippen LogP contribution is 2.22. The summed E-state index contributed by atoms with van der Waals surface area (Å²) in [7, 11) is 1.69. The van der Waals surface area contributed by atoms with Crippen LogP contribution in [0.25, 0.3) is 17.2 Å². The summed E-state index contributed by atoms with van der Waals surface area (Å²) in [6, 6.07) is 26.8. The third kappa shape index (κ3) is 4.47. The number of rotatable bonds is 4. The molecule has 0 heterocycles. The van der Waals surface area contributed by atoms with Crippen molar-refractivity contribution in [1.82, 2.24) is 0 Å². The van der Waals surface area contributed by atoms with Crippen LogP contribution in [0.2, 0.25) is 0 Å². The molecule has 0 fully saturated rings. The first-order valence-electron chi connectivity index (χ1n) is 8.29. The maximum atomic E-state index is 5.07. The number of benzene rings is 3. The molecule has 0 bridgehead atoms. The van der Waals surface area contributed by atoms with Crippen LogP contribution < -0.4 is 0 Å². The Kier molecular flexibility index (Phi) is 5.82. The van der Waals surface area contributed by atoms with Crippen LogP contribution in [0.4, 0.5) is 0 Å². The molecule has 0 aromatic heterocycles. The summed E-state index contributed by atoms with van der Waals surface area (Å²) in [5.41, 5.74) is 5.48. The first-order valence-corrected chi connectivity index (χ1v) is 8.29. The minimum atomic E-state index is 0.596. The van der Waals surface area contributed by atoms with E-state index >= 15 is 0 Å². The quantitative estimate of drug-likeness (QED) is 0.583. The second-order valence-electron chi connectivity index (χ2n) is 5.61. The molecular weight excluding hydrogens is 304 g/mol. The molecule has 1 nitrogen and oxygen atoms in total. The van der Waals surface area contributed by atoms with E-state index in [4.69, 9.17) is 4.74 Å². The second kappa shape index (κ2) is 8.68. The zero-order chi connectivity index (χ0) is 17.3. The largest absolute Gasteiger partial charge is 0.381 e. The maximum Gasteiger partial charge on any atom is 0.0646 e. The van der Waals surface area contributed by atoms with Gasteiger partial charge in [-0.25, -0.2) is 0 Å². The van der Waals surface area contributed by atoms with Gasteiger partial charge in [0.2, 0.25) is 0 Å². The second-order valence-corrected chi connectivity index (χ2v) is 5.61. The zero-order valence-corrected chi connectivity index (χ0v) is 14.3. The molecule has 0 spiro atoms. The molecule has 0 aliphatic carbocycles. The van der Waals surface area contributed by atoms with Gasteiger partial charge in [-0.05, 0) is 28.8 Å². The standard InChI is InChI=1S/C24H20O/c1-25-19-9-15-20-10-5-6-11-21(20)17-18-23-14-7-8-16-24(23)22-12-3-2-4-13-22/h2-16H,19H2,1H3/b15-9+. The van der Waals surface area contributed by atoms with Crippen LogP contribution >= 0.6 is 0 Å². The van der Waals surface area contributed by atoms with Crippen LogP contribution in [0.1, 0.15) is 16.7 Å². The summed E-state index contributed by atoms with van der Waals surface area (Å²) in [6.45, 7) is 0.596. The fraction of sp³-hybridized carbons (Fsp3) is 0.0833. The molecule has 0 radical (unpaired) electrons. The Hall–Kier alpha value is -3.08. The Bertz CT molecular complexity index is 911. The van der Waals surface area contributed by atoms with Crippen molar-refractivity contribution in [1.29, 1.82) is 0 Å². The minimum Gasteiger partial charge on any atom is -0.381 e. The molecule has 0 unspecified atom stereocenters. The van der Waals surface area contributed by atoms with Gasteiger partial charge in [0.1, 0.15) is 0 Å². The van der Waals surface area contributed by atoms with Crippen molar-refractivity contribution < 1.29 is 4.74 Å².